The van der Waals surface area contributed by atoms with Gasteiger partial charge in [0, 0.05) is 6.42 Å². The molecule has 1 aliphatic heterocycles. The highest BCUT2D eigenvalue weighted by molar-refractivity contribution is 5.60. The minimum Gasteiger partial charge on any atom is -0.494 e. The number of azo groups is 1. The molecule has 0 aromatic heterocycles. The van der Waals surface area contributed by atoms with E-state index in [0.717, 1.165) is 90.7 Å². The molecular formula is C47H66N2O6. The van der Waals surface area contributed by atoms with E-state index in [1.807, 2.05) is 48.5 Å². The number of rotatable bonds is 17. The molecule has 9 atom stereocenters. The Kier molecular flexibility index (Phi) is 12.9. The SMILES string of the molecule is CC(C)CCC[C@@H](C)[C@H]1CC[C@H]2[C@@H]3CC=C4C[C@@H](OC(=O)OCCCCOc5ccc(N=Nc6ccc(OCC7CO7)cc6)cc5)CC[C@]4(C)[C@H]3CC[C@]12C. The Labute approximate surface area is 330 Å². The fraction of sp³-hybridized carbons (Fsp3) is 0.681. The van der Waals surface area contributed by atoms with Crippen molar-refractivity contribution in [3.05, 3.63) is 60.2 Å². The molecule has 2 aromatic rings. The van der Waals surface area contributed by atoms with Gasteiger partial charge in [0.15, 0.2) is 0 Å². The van der Waals surface area contributed by atoms with E-state index in [9.17, 15) is 4.79 Å². The number of nitrogens with zero attached hydrogens (tertiary/aromatic N) is 2. The van der Waals surface area contributed by atoms with E-state index < -0.39 is 6.16 Å². The van der Waals surface area contributed by atoms with Crippen LogP contribution in [0.2, 0.25) is 0 Å². The summed E-state index contributed by atoms with van der Waals surface area (Å²) in [4.78, 5) is 12.7. The molecule has 8 heteroatoms. The zero-order chi connectivity index (χ0) is 38.4. The van der Waals surface area contributed by atoms with Gasteiger partial charge in [-0.2, -0.15) is 10.2 Å². The van der Waals surface area contributed by atoms with Gasteiger partial charge in [-0.15, -0.1) is 0 Å². The van der Waals surface area contributed by atoms with Crippen LogP contribution in [0.5, 0.6) is 11.5 Å². The Bertz CT molecular complexity index is 1620. The highest BCUT2D eigenvalue weighted by Crippen LogP contribution is 2.67. The maximum Gasteiger partial charge on any atom is 0.508 e. The second-order valence-corrected chi connectivity index (χ2v) is 18.4. The summed E-state index contributed by atoms with van der Waals surface area (Å²) in [6.07, 6.45) is 17.5. The predicted molar refractivity (Wildman–Crippen MR) is 216 cm³/mol. The first-order chi connectivity index (χ1) is 26.6. The number of carbonyl (C=O) groups is 1. The van der Waals surface area contributed by atoms with Gasteiger partial charge in [-0.05, 0) is 153 Å². The molecular weight excluding hydrogens is 689 g/mol. The number of ether oxygens (including phenoxy) is 5. The molecule has 5 aliphatic rings. The van der Waals surface area contributed by atoms with Crippen molar-refractivity contribution >= 4 is 17.5 Å². The summed E-state index contributed by atoms with van der Waals surface area (Å²) in [5.74, 6) is 6.54. The average molecular weight is 755 g/mol. The Morgan fingerprint density at radius 3 is 2.20 bits per heavy atom. The van der Waals surface area contributed by atoms with Crippen molar-refractivity contribution in [1.82, 2.24) is 0 Å². The van der Waals surface area contributed by atoms with Gasteiger partial charge in [0.1, 0.15) is 30.3 Å². The molecule has 0 radical (unpaired) electrons. The van der Waals surface area contributed by atoms with Crippen molar-refractivity contribution in [3.8, 4) is 11.5 Å². The Hall–Kier alpha value is -3.39. The van der Waals surface area contributed by atoms with Gasteiger partial charge < -0.3 is 23.7 Å². The second-order valence-electron chi connectivity index (χ2n) is 18.4. The number of unbranched alkanes of at least 4 members (excludes halogenated alkanes) is 1. The van der Waals surface area contributed by atoms with E-state index in [4.69, 9.17) is 23.7 Å². The lowest BCUT2D eigenvalue weighted by Crippen LogP contribution is -2.51. The first-order valence-electron chi connectivity index (χ1n) is 21.6. The Balaban J connectivity index is 0.787. The molecule has 1 saturated heterocycles. The van der Waals surface area contributed by atoms with Crippen LogP contribution in [0.15, 0.2) is 70.4 Å². The average Bonchev–Trinajstić information content (AvgIpc) is 3.94. The van der Waals surface area contributed by atoms with Crippen molar-refractivity contribution in [3.63, 3.8) is 0 Å². The first-order valence-corrected chi connectivity index (χ1v) is 21.6. The van der Waals surface area contributed by atoms with Crippen molar-refractivity contribution < 1.29 is 28.5 Å². The maximum atomic E-state index is 12.7. The molecule has 0 bridgehead atoms. The number of epoxide rings is 1. The molecule has 0 N–H and O–H groups in total. The normalized spacial score (nSPS) is 31.6. The fourth-order valence-electron chi connectivity index (χ4n) is 11.2. The fourth-order valence-corrected chi connectivity index (χ4v) is 11.2. The summed E-state index contributed by atoms with van der Waals surface area (Å²) in [5, 5.41) is 8.64. The standard InChI is InChI=1S/C47H66N2O6/c1-32(2)9-8-10-33(3)42-21-22-43-41-20-11-34-29-39(23-25-46(34,4)44(41)24-26-47(42,43)5)55-45(50)52-28-7-6-27-51-37-16-12-35(13-17-37)48-49-36-14-18-38(19-15-36)53-30-40-31-54-40/h11-19,32-33,39-44H,6-10,20-31H2,1-5H3/t33-,39+,40?,41+,42-,43+,44+,46+,47-/m1/s1. The number of fused-ring (bicyclic) bond motifs is 5. The van der Waals surface area contributed by atoms with Crippen LogP contribution >= 0.6 is 0 Å². The Morgan fingerprint density at radius 1 is 0.818 bits per heavy atom. The lowest BCUT2D eigenvalue weighted by molar-refractivity contribution is -0.0617. The van der Waals surface area contributed by atoms with Gasteiger partial charge in [-0.25, -0.2) is 4.79 Å². The van der Waals surface area contributed by atoms with Crippen LogP contribution in [-0.4, -0.2) is 44.8 Å². The topological polar surface area (TPSA) is 91.2 Å². The van der Waals surface area contributed by atoms with Crippen molar-refractivity contribution in [2.45, 2.75) is 130 Å². The minimum absolute atomic E-state index is 0.0849. The molecule has 1 unspecified atom stereocenters. The van der Waals surface area contributed by atoms with Crippen molar-refractivity contribution in [2.75, 3.05) is 26.4 Å². The van der Waals surface area contributed by atoms with Gasteiger partial charge in [-0.1, -0.05) is 65.5 Å². The van der Waals surface area contributed by atoms with Crippen LogP contribution < -0.4 is 9.47 Å². The van der Waals surface area contributed by atoms with Gasteiger partial charge in [-0.3, -0.25) is 0 Å². The molecule has 55 heavy (non-hydrogen) atoms. The third kappa shape index (κ3) is 9.77. The summed E-state index contributed by atoms with van der Waals surface area (Å²) < 4.78 is 28.1. The lowest BCUT2D eigenvalue weighted by atomic mass is 9.47. The van der Waals surface area contributed by atoms with Crippen LogP contribution in [0.25, 0.3) is 0 Å². The number of carbonyl (C=O) groups excluding carboxylic acids is 1. The van der Waals surface area contributed by atoms with Gasteiger partial charge in [0.2, 0.25) is 0 Å². The van der Waals surface area contributed by atoms with Gasteiger partial charge in [0.25, 0.3) is 0 Å². The summed E-state index contributed by atoms with van der Waals surface area (Å²) >= 11 is 0. The molecule has 0 spiro atoms. The van der Waals surface area contributed by atoms with Crippen LogP contribution in [0.3, 0.4) is 0 Å². The Morgan fingerprint density at radius 2 is 1.51 bits per heavy atom. The molecule has 4 fully saturated rings. The summed E-state index contributed by atoms with van der Waals surface area (Å²) in [6.45, 7) is 14.7. The van der Waals surface area contributed by atoms with Crippen molar-refractivity contribution in [1.29, 1.82) is 0 Å². The zero-order valence-corrected chi connectivity index (χ0v) is 34.2. The summed E-state index contributed by atoms with van der Waals surface area (Å²) in [6, 6.07) is 15.1. The molecule has 4 aliphatic carbocycles. The largest absolute Gasteiger partial charge is 0.508 e. The quantitative estimate of drug-likeness (QED) is 0.0525. The third-order valence-electron chi connectivity index (χ3n) is 14.3. The lowest BCUT2D eigenvalue weighted by Gasteiger charge is -2.58. The van der Waals surface area contributed by atoms with Crippen molar-refractivity contribution in [2.24, 2.45) is 56.6 Å². The van der Waals surface area contributed by atoms with E-state index in [-0.39, 0.29) is 17.6 Å². The molecule has 7 rings (SSSR count). The summed E-state index contributed by atoms with van der Waals surface area (Å²) in [5.41, 5.74) is 3.79. The van der Waals surface area contributed by atoms with E-state index in [2.05, 4.69) is 50.9 Å². The van der Waals surface area contributed by atoms with Gasteiger partial charge >= 0.3 is 6.16 Å². The molecule has 300 valence electrons. The van der Waals surface area contributed by atoms with E-state index in [0.29, 0.717) is 31.7 Å². The maximum absolute atomic E-state index is 12.7. The molecule has 2 aromatic carbocycles. The minimum atomic E-state index is -0.533. The second kappa shape index (κ2) is 17.8. The zero-order valence-electron chi connectivity index (χ0n) is 34.2. The van der Waals surface area contributed by atoms with Gasteiger partial charge in [0.05, 0.1) is 31.2 Å². The third-order valence-corrected chi connectivity index (χ3v) is 14.3. The van der Waals surface area contributed by atoms with Crippen LogP contribution in [-0.2, 0) is 14.2 Å². The van der Waals surface area contributed by atoms with E-state index in [1.165, 1.54) is 51.4 Å². The smallest absolute Gasteiger partial charge is 0.494 e. The number of hydrogen-bond acceptors (Lipinski definition) is 8. The number of hydrogen-bond donors (Lipinski definition) is 0. The molecule has 8 nitrogen and oxygen atoms in total. The van der Waals surface area contributed by atoms with E-state index >= 15 is 0 Å². The van der Waals surface area contributed by atoms with E-state index in [1.54, 1.807) is 5.57 Å². The highest BCUT2D eigenvalue weighted by atomic mass is 16.7. The van der Waals surface area contributed by atoms with Crippen LogP contribution in [0.1, 0.15) is 118 Å². The molecule has 3 saturated carbocycles. The number of allylic oxidation sites excluding steroid dienone is 1. The summed E-state index contributed by atoms with van der Waals surface area (Å²) in [7, 11) is 0. The monoisotopic (exact) mass is 754 g/mol. The highest BCUT2D eigenvalue weighted by Gasteiger charge is 2.59. The molecule has 1 heterocycles. The number of benzene rings is 2. The van der Waals surface area contributed by atoms with Crippen LogP contribution in [0.4, 0.5) is 16.2 Å². The first kappa shape index (κ1) is 39.8. The van der Waals surface area contributed by atoms with Crippen LogP contribution in [0, 0.1) is 46.3 Å². The predicted octanol–water partition coefficient (Wildman–Crippen LogP) is 12.6. The molecule has 0 amide bonds.